The molecule has 0 aliphatic heterocycles. The Balaban J connectivity index is 2.38. The van der Waals surface area contributed by atoms with E-state index in [1.54, 1.807) is 12.4 Å². The highest BCUT2D eigenvalue weighted by atomic mass is 32.1. The quantitative estimate of drug-likeness (QED) is 0.806. The monoisotopic (exact) mass is 231 g/mol. The van der Waals surface area contributed by atoms with Crippen LogP contribution >= 0.6 is 12.2 Å². The van der Waals surface area contributed by atoms with Gasteiger partial charge in [0, 0.05) is 19.8 Å². The number of nitrogens with one attached hydrogen (secondary N) is 1. The first-order chi connectivity index (χ1) is 7.66. The van der Waals surface area contributed by atoms with Gasteiger partial charge >= 0.3 is 0 Å². The number of hydrogen-bond donors (Lipinski definition) is 1. The van der Waals surface area contributed by atoms with Gasteiger partial charge in [-0.1, -0.05) is 24.4 Å². The number of anilines is 1. The second-order valence-corrected chi connectivity index (χ2v) is 4.19. The Morgan fingerprint density at radius 2 is 1.81 bits per heavy atom. The molecule has 3 nitrogen and oxygen atoms in total. The van der Waals surface area contributed by atoms with E-state index in [-0.39, 0.29) is 0 Å². The van der Waals surface area contributed by atoms with Gasteiger partial charge in [0.2, 0.25) is 0 Å². The molecule has 0 saturated carbocycles. The van der Waals surface area contributed by atoms with E-state index in [4.69, 9.17) is 12.2 Å². The van der Waals surface area contributed by atoms with E-state index in [0.717, 1.165) is 11.3 Å². The molecule has 0 radical (unpaired) electrons. The largest absolute Gasteiger partial charge is 0.378 e. The summed E-state index contributed by atoms with van der Waals surface area (Å²) in [5, 5.41) is 0. The van der Waals surface area contributed by atoms with Crippen molar-refractivity contribution in [1.29, 1.82) is 0 Å². The number of aromatic nitrogens is 2. The van der Waals surface area contributed by atoms with Gasteiger partial charge in [-0.15, -0.1) is 0 Å². The fourth-order valence-electron chi connectivity index (χ4n) is 1.46. The van der Waals surface area contributed by atoms with Crippen molar-refractivity contribution in [3.63, 3.8) is 0 Å². The van der Waals surface area contributed by atoms with E-state index in [9.17, 15) is 0 Å². The average molecular weight is 231 g/mol. The molecule has 16 heavy (non-hydrogen) atoms. The maximum atomic E-state index is 5.04. The van der Waals surface area contributed by atoms with Crippen molar-refractivity contribution in [2.24, 2.45) is 0 Å². The van der Waals surface area contributed by atoms with Gasteiger partial charge in [-0.3, -0.25) is 4.98 Å². The maximum Gasteiger partial charge on any atom is 0.122 e. The third-order valence-electron chi connectivity index (χ3n) is 2.35. The van der Waals surface area contributed by atoms with Crippen LogP contribution in [0.4, 0.5) is 5.69 Å². The van der Waals surface area contributed by atoms with Crippen LogP contribution < -0.4 is 4.90 Å². The first kappa shape index (κ1) is 10.8. The molecule has 0 fully saturated rings. The zero-order valence-electron chi connectivity index (χ0n) is 9.27. The van der Waals surface area contributed by atoms with Crippen molar-refractivity contribution in [1.82, 2.24) is 9.97 Å². The first-order valence-corrected chi connectivity index (χ1v) is 5.40. The van der Waals surface area contributed by atoms with Crippen molar-refractivity contribution in [3.8, 4) is 11.3 Å². The summed E-state index contributed by atoms with van der Waals surface area (Å²) in [7, 11) is 4.04. The number of nitrogens with zero attached hydrogens (tertiary/aromatic N) is 2. The molecule has 1 aromatic carbocycles. The normalized spacial score (nSPS) is 10.1. The Morgan fingerprint density at radius 3 is 2.38 bits per heavy atom. The molecule has 0 aliphatic rings. The molecule has 4 heteroatoms. The van der Waals surface area contributed by atoms with Crippen molar-refractivity contribution in [2.75, 3.05) is 19.0 Å². The number of hydrogen-bond acceptors (Lipinski definition) is 3. The Hall–Kier alpha value is -1.68. The van der Waals surface area contributed by atoms with Crippen molar-refractivity contribution >= 4 is 17.9 Å². The molecule has 82 valence electrons. The molecule has 1 heterocycles. The Morgan fingerprint density at radius 1 is 1.12 bits per heavy atom. The standard InChI is InChI=1S/C12H13N3S/c1-15(2)10-5-3-9(4-6-10)11-7-13-8-12(16)14-11/h3-8H,1-2H3,(H,14,16). The minimum absolute atomic E-state index is 0.647. The van der Waals surface area contributed by atoms with Gasteiger partial charge in [-0.2, -0.15) is 0 Å². The number of benzene rings is 1. The molecule has 0 bridgehead atoms. The van der Waals surface area contributed by atoms with Crippen LogP contribution in [0.25, 0.3) is 11.3 Å². The molecule has 0 unspecified atom stereocenters. The first-order valence-electron chi connectivity index (χ1n) is 4.99. The van der Waals surface area contributed by atoms with Crippen LogP contribution in [0.3, 0.4) is 0 Å². The summed E-state index contributed by atoms with van der Waals surface area (Å²) in [5.74, 6) is 0. The third-order valence-corrected chi connectivity index (χ3v) is 2.56. The Kier molecular flexibility index (Phi) is 3.01. The van der Waals surface area contributed by atoms with Crippen LogP contribution in [0.15, 0.2) is 36.7 Å². The summed E-state index contributed by atoms with van der Waals surface area (Å²) in [5.41, 5.74) is 3.20. The van der Waals surface area contributed by atoms with E-state index in [2.05, 4.69) is 39.1 Å². The lowest BCUT2D eigenvalue weighted by molar-refractivity contribution is 1.13. The Bertz CT molecular complexity index is 528. The van der Waals surface area contributed by atoms with E-state index in [0.29, 0.717) is 4.64 Å². The van der Waals surface area contributed by atoms with Crippen LogP contribution in [-0.2, 0) is 0 Å². The predicted molar refractivity (Wildman–Crippen MR) is 69.2 cm³/mol. The second kappa shape index (κ2) is 4.45. The molecule has 0 spiro atoms. The maximum absolute atomic E-state index is 5.04. The molecule has 0 atom stereocenters. The zero-order valence-corrected chi connectivity index (χ0v) is 10.1. The van der Waals surface area contributed by atoms with Crippen LogP contribution in [-0.4, -0.2) is 24.1 Å². The van der Waals surface area contributed by atoms with Crippen LogP contribution in [0.2, 0.25) is 0 Å². The molecule has 0 saturated heterocycles. The molecule has 0 amide bonds. The average Bonchev–Trinajstić information content (AvgIpc) is 2.29. The van der Waals surface area contributed by atoms with E-state index in [1.165, 1.54) is 5.69 Å². The van der Waals surface area contributed by atoms with E-state index >= 15 is 0 Å². The SMILES string of the molecule is CN(C)c1ccc(-c2cncc(=S)[nH]2)cc1. The topological polar surface area (TPSA) is 31.9 Å². The highest BCUT2D eigenvalue weighted by molar-refractivity contribution is 7.71. The highest BCUT2D eigenvalue weighted by Crippen LogP contribution is 2.19. The van der Waals surface area contributed by atoms with Crippen molar-refractivity contribution < 1.29 is 0 Å². The van der Waals surface area contributed by atoms with Crippen LogP contribution in [0, 0.1) is 4.64 Å². The van der Waals surface area contributed by atoms with Gasteiger partial charge in [-0.25, -0.2) is 0 Å². The number of rotatable bonds is 2. The summed E-state index contributed by atoms with van der Waals surface area (Å²) >= 11 is 5.04. The van der Waals surface area contributed by atoms with Crippen molar-refractivity contribution in [2.45, 2.75) is 0 Å². The van der Waals surface area contributed by atoms with Crippen LogP contribution in [0.5, 0.6) is 0 Å². The van der Waals surface area contributed by atoms with E-state index in [1.807, 2.05) is 14.1 Å². The van der Waals surface area contributed by atoms with Gasteiger partial charge in [0.05, 0.1) is 18.1 Å². The second-order valence-electron chi connectivity index (χ2n) is 3.75. The molecular formula is C12H13N3S. The van der Waals surface area contributed by atoms with Crippen molar-refractivity contribution in [3.05, 3.63) is 41.3 Å². The third kappa shape index (κ3) is 2.28. The minimum atomic E-state index is 0.647. The van der Waals surface area contributed by atoms with Gasteiger partial charge in [0.25, 0.3) is 0 Å². The smallest absolute Gasteiger partial charge is 0.122 e. The fraction of sp³-hybridized carbons (Fsp3) is 0.167. The van der Waals surface area contributed by atoms with Gasteiger partial charge in [-0.05, 0) is 17.7 Å². The van der Waals surface area contributed by atoms with Gasteiger partial charge in [0.1, 0.15) is 4.64 Å². The molecular weight excluding hydrogens is 218 g/mol. The molecule has 1 N–H and O–H groups in total. The van der Waals surface area contributed by atoms with E-state index < -0.39 is 0 Å². The summed E-state index contributed by atoms with van der Waals surface area (Å²) in [4.78, 5) is 9.25. The summed E-state index contributed by atoms with van der Waals surface area (Å²) in [6, 6.07) is 8.24. The molecule has 1 aromatic heterocycles. The summed E-state index contributed by atoms with van der Waals surface area (Å²) in [6.07, 6.45) is 3.41. The van der Waals surface area contributed by atoms with Gasteiger partial charge in [0.15, 0.2) is 0 Å². The zero-order chi connectivity index (χ0) is 11.5. The lowest BCUT2D eigenvalue weighted by atomic mass is 10.1. The Labute approximate surface area is 99.8 Å². The highest BCUT2D eigenvalue weighted by Gasteiger charge is 1.99. The minimum Gasteiger partial charge on any atom is -0.378 e. The fourth-order valence-corrected chi connectivity index (χ4v) is 1.63. The molecule has 2 aromatic rings. The molecule has 0 aliphatic carbocycles. The number of aromatic amines is 1. The molecule has 2 rings (SSSR count). The number of H-pyrrole nitrogens is 1. The summed E-state index contributed by atoms with van der Waals surface area (Å²) < 4.78 is 0.647. The predicted octanol–water partition coefficient (Wildman–Crippen LogP) is 2.87. The van der Waals surface area contributed by atoms with Gasteiger partial charge < -0.3 is 9.88 Å². The van der Waals surface area contributed by atoms with Crippen LogP contribution in [0.1, 0.15) is 0 Å². The summed E-state index contributed by atoms with van der Waals surface area (Å²) in [6.45, 7) is 0. The lowest BCUT2D eigenvalue weighted by Crippen LogP contribution is -2.07. The lowest BCUT2D eigenvalue weighted by Gasteiger charge is -2.12.